The fourth-order valence-corrected chi connectivity index (χ4v) is 6.68. The molecule has 4 rings (SSSR count). The standard InChI is InChI=1S/C25H29F3N4O5S2/c1-13(2)32-39(34,35)17-9-8-15(19(20(17)26)22(27)28)21-16(10-14-6-5-7-14)29-24(38-21)23-30-18(37-31-23)11-25(3,4)36-12-33/h8-9,12-14,22,32H,5-7,10-11H2,1-4H3. The average Bonchev–Trinajstić information content (AvgIpc) is 3.41. The molecule has 0 atom stereocenters. The summed E-state index contributed by atoms with van der Waals surface area (Å²) in [6.45, 7) is 6.76. The minimum Gasteiger partial charge on any atom is -0.461 e. The molecule has 1 aliphatic rings. The highest BCUT2D eigenvalue weighted by molar-refractivity contribution is 7.89. The van der Waals surface area contributed by atoms with E-state index < -0.39 is 44.4 Å². The first kappa shape index (κ1) is 29.2. The number of hydrogen-bond acceptors (Lipinski definition) is 9. The molecule has 0 amide bonds. The molecule has 0 unspecified atom stereocenters. The summed E-state index contributed by atoms with van der Waals surface area (Å²) in [5, 5.41) is 4.23. The van der Waals surface area contributed by atoms with Crippen molar-refractivity contribution in [1.82, 2.24) is 19.8 Å². The Labute approximate surface area is 228 Å². The molecule has 1 fully saturated rings. The molecule has 0 saturated heterocycles. The van der Waals surface area contributed by atoms with Crippen LogP contribution in [-0.2, 0) is 32.4 Å². The lowest BCUT2D eigenvalue weighted by Crippen LogP contribution is -2.31. The Morgan fingerprint density at radius 2 is 1.97 bits per heavy atom. The van der Waals surface area contributed by atoms with Crippen LogP contribution in [0.3, 0.4) is 0 Å². The Hall–Kier alpha value is -2.84. The van der Waals surface area contributed by atoms with Crippen LogP contribution in [0.4, 0.5) is 13.2 Å². The molecule has 0 radical (unpaired) electrons. The predicted octanol–water partition coefficient (Wildman–Crippen LogP) is 5.46. The second kappa shape index (κ2) is 11.3. The van der Waals surface area contributed by atoms with Gasteiger partial charge in [-0.1, -0.05) is 30.5 Å². The summed E-state index contributed by atoms with van der Waals surface area (Å²) in [5.74, 6) is -0.909. The van der Waals surface area contributed by atoms with E-state index in [1.807, 2.05) is 0 Å². The zero-order valence-corrected chi connectivity index (χ0v) is 23.5. The molecule has 1 saturated carbocycles. The summed E-state index contributed by atoms with van der Waals surface area (Å²) in [7, 11) is -4.36. The van der Waals surface area contributed by atoms with E-state index in [2.05, 4.69) is 19.8 Å². The summed E-state index contributed by atoms with van der Waals surface area (Å²) in [5.41, 5.74) is -1.56. The smallest absolute Gasteiger partial charge is 0.293 e. The molecule has 14 heteroatoms. The molecular formula is C25H29F3N4O5S2. The van der Waals surface area contributed by atoms with E-state index in [9.17, 15) is 22.0 Å². The van der Waals surface area contributed by atoms with Crippen molar-refractivity contribution in [2.45, 2.75) is 82.8 Å². The number of rotatable bonds is 12. The topological polar surface area (TPSA) is 124 Å². The number of ether oxygens (including phenoxy) is 1. The maximum atomic E-state index is 15.4. The number of thiazole rings is 1. The number of sulfonamides is 1. The van der Waals surface area contributed by atoms with E-state index in [1.165, 1.54) is 6.07 Å². The molecule has 9 nitrogen and oxygen atoms in total. The van der Waals surface area contributed by atoms with E-state index in [-0.39, 0.29) is 28.7 Å². The van der Waals surface area contributed by atoms with Crippen LogP contribution in [0.15, 0.2) is 21.6 Å². The van der Waals surface area contributed by atoms with Gasteiger partial charge < -0.3 is 9.26 Å². The second-order valence-electron chi connectivity index (χ2n) is 10.4. The maximum Gasteiger partial charge on any atom is 0.293 e. The predicted molar refractivity (Wildman–Crippen MR) is 137 cm³/mol. The van der Waals surface area contributed by atoms with Crippen LogP contribution in [0.1, 0.15) is 70.5 Å². The molecule has 2 aromatic heterocycles. The molecule has 212 valence electrons. The molecular weight excluding hydrogens is 557 g/mol. The van der Waals surface area contributed by atoms with Crippen LogP contribution in [0.25, 0.3) is 21.3 Å². The molecule has 0 spiro atoms. The van der Waals surface area contributed by atoms with Gasteiger partial charge in [0, 0.05) is 11.6 Å². The van der Waals surface area contributed by atoms with Crippen molar-refractivity contribution in [3.63, 3.8) is 0 Å². The van der Waals surface area contributed by atoms with Crippen molar-refractivity contribution in [2.24, 2.45) is 5.92 Å². The van der Waals surface area contributed by atoms with Crippen LogP contribution in [-0.4, -0.2) is 41.7 Å². The van der Waals surface area contributed by atoms with Crippen LogP contribution in [0.5, 0.6) is 0 Å². The molecule has 2 heterocycles. The average molecular weight is 587 g/mol. The minimum absolute atomic E-state index is 0.109. The number of benzene rings is 1. The summed E-state index contributed by atoms with van der Waals surface area (Å²) in [6, 6.07) is 1.63. The van der Waals surface area contributed by atoms with Crippen molar-refractivity contribution in [3.8, 4) is 21.3 Å². The number of carbonyl (C=O) groups excluding carboxylic acids is 1. The van der Waals surface area contributed by atoms with Crippen molar-refractivity contribution < 1.29 is 35.6 Å². The third-order valence-corrected chi connectivity index (χ3v) is 9.10. The van der Waals surface area contributed by atoms with Gasteiger partial charge in [0.25, 0.3) is 12.9 Å². The molecule has 1 aliphatic carbocycles. The summed E-state index contributed by atoms with van der Waals surface area (Å²) >= 11 is 1.000. The largest absolute Gasteiger partial charge is 0.461 e. The summed E-state index contributed by atoms with van der Waals surface area (Å²) in [4.78, 5) is 19.1. The summed E-state index contributed by atoms with van der Waals surface area (Å²) < 4.78 is 81.8. The third-order valence-electron chi connectivity index (χ3n) is 6.30. The zero-order chi connectivity index (χ0) is 28.5. The number of halogens is 3. The number of aromatic nitrogens is 3. The van der Waals surface area contributed by atoms with Gasteiger partial charge in [0.1, 0.15) is 10.5 Å². The van der Waals surface area contributed by atoms with Crippen molar-refractivity contribution in [3.05, 3.63) is 35.1 Å². The van der Waals surface area contributed by atoms with Gasteiger partial charge in [-0.05, 0) is 46.1 Å². The van der Waals surface area contributed by atoms with Gasteiger partial charge in [0.2, 0.25) is 21.7 Å². The first-order valence-electron chi connectivity index (χ1n) is 12.4. The van der Waals surface area contributed by atoms with E-state index >= 15 is 4.39 Å². The number of nitrogens with zero attached hydrogens (tertiary/aromatic N) is 3. The van der Waals surface area contributed by atoms with Crippen LogP contribution >= 0.6 is 11.3 Å². The lowest BCUT2D eigenvalue weighted by molar-refractivity contribution is -0.140. The Morgan fingerprint density at radius 3 is 2.56 bits per heavy atom. The van der Waals surface area contributed by atoms with E-state index in [4.69, 9.17) is 9.26 Å². The van der Waals surface area contributed by atoms with Crippen LogP contribution in [0.2, 0.25) is 0 Å². The number of alkyl halides is 2. The van der Waals surface area contributed by atoms with Gasteiger partial charge in [-0.2, -0.15) is 4.98 Å². The van der Waals surface area contributed by atoms with Crippen molar-refractivity contribution in [1.29, 1.82) is 0 Å². The Kier molecular flexibility index (Phi) is 8.47. The molecule has 1 N–H and O–H groups in total. The normalized spacial score (nSPS) is 14.7. The first-order chi connectivity index (χ1) is 18.3. The molecule has 0 aliphatic heterocycles. The third kappa shape index (κ3) is 6.49. The van der Waals surface area contributed by atoms with Gasteiger partial charge in [0.05, 0.1) is 22.6 Å². The highest BCUT2D eigenvalue weighted by Gasteiger charge is 2.32. The SMILES string of the molecule is CC(C)NS(=O)(=O)c1ccc(-c2sc(-c3noc(CC(C)(C)OC=O)n3)nc2CC2CCC2)c(C(F)F)c1F. The Morgan fingerprint density at radius 1 is 1.26 bits per heavy atom. The second-order valence-corrected chi connectivity index (χ2v) is 13.1. The lowest BCUT2D eigenvalue weighted by atomic mass is 9.81. The van der Waals surface area contributed by atoms with Gasteiger partial charge in [-0.25, -0.2) is 31.3 Å². The Bertz CT molecular complexity index is 1450. The zero-order valence-electron chi connectivity index (χ0n) is 21.8. The Balaban J connectivity index is 1.79. The molecule has 0 bridgehead atoms. The van der Waals surface area contributed by atoms with E-state index in [0.717, 1.165) is 36.7 Å². The van der Waals surface area contributed by atoms with Crippen LogP contribution < -0.4 is 4.72 Å². The lowest BCUT2D eigenvalue weighted by Gasteiger charge is -2.25. The maximum absolute atomic E-state index is 15.4. The number of nitrogens with one attached hydrogen (secondary N) is 1. The van der Waals surface area contributed by atoms with E-state index in [1.54, 1.807) is 27.7 Å². The molecule has 3 aromatic rings. The highest BCUT2D eigenvalue weighted by atomic mass is 32.2. The fraction of sp³-hybridized carbons (Fsp3) is 0.520. The van der Waals surface area contributed by atoms with E-state index in [0.29, 0.717) is 29.4 Å². The fourth-order valence-electron chi connectivity index (χ4n) is 4.28. The molecule has 1 aromatic carbocycles. The highest BCUT2D eigenvalue weighted by Crippen LogP contribution is 2.43. The number of hydrogen-bond donors (Lipinski definition) is 1. The van der Waals surface area contributed by atoms with Gasteiger partial charge >= 0.3 is 0 Å². The molecule has 39 heavy (non-hydrogen) atoms. The number of carbonyl (C=O) groups is 1. The quantitative estimate of drug-likeness (QED) is 0.278. The summed E-state index contributed by atoms with van der Waals surface area (Å²) in [6.07, 6.45) is 0.296. The van der Waals surface area contributed by atoms with Gasteiger partial charge in [-0.15, -0.1) is 11.3 Å². The van der Waals surface area contributed by atoms with Crippen molar-refractivity contribution in [2.75, 3.05) is 0 Å². The van der Waals surface area contributed by atoms with Gasteiger partial charge in [-0.3, -0.25) is 4.79 Å². The van der Waals surface area contributed by atoms with Crippen molar-refractivity contribution >= 4 is 27.8 Å². The first-order valence-corrected chi connectivity index (χ1v) is 14.7. The van der Waals surface area contributed by atoms with Crippen LogP contribution in [0, 0.1) is 11.7 Å². The minimum atomic E-state index is -4.36. The monoisotopic (exact) mass is 586 g/mol. The van der Waals surface area contributed by atoms with Gasteiger partial charge in [0.15, 0.2) is 10.8 Å².